The Labute approximate surface area is 130 Å². The third-order valence-electron chi connectivity index (χ3n) is 3.88. The first-order valence-corrected chi connectivity index (χ1v) is 7.83. The van der Waals surface area contributed by atoms with Crippen molar-refractivity contribution in [2.24, 2.45) is 0 Å². The second-order valence-electron chi connectivity index (χ2n) is 5.83. The van der Waals surface area contributed by atoms with Crippen LogP contribution in [0.2, 0.25) is 0 Å². The van der Waals surface area contributed by atoms with E-state index in [9.17, 15) is 0 Å². The summed E-state index contributed by atoms with van der Waals surface area (Å²) in [7, 11) is 0. The summed E-state index contributed by atoms with van der Waals surface area (Å²) < 4.78 is 13.1. The molecule has 0 aromatic carbocycles. The number of aromatic nitrogens is 4. The summed E-state index contributed by atoms with van der Waals surface area (Å²) in [6.07, 6.45) is 5.07. The highest BCUT2D eigenvalue weighted by atomic mass is 16.5. The van der Waals surface area contributed by atoms with Crippen LogP contribution in [0.3, 0.4) is 0 Å². The third kappa shape index (κ3) is 3.53. The van der Waals surface area contributed by atoms with Gasteiger partial charge in [0.2, 0.25) is 0 Å². The van der Waals surface area contributed by atoms with Gasteiger partial charge >= 0.3 is 0 Å². The van der Waals surface area contributed by atoms with Crippen LogP contribution in [-0.2, 0) is 17.7 Å². The van der Waals surface area contributed by atoms with E-state index in [2.05, 4.69) is 40.2 Å². The van der Waals surface area contributed by atoms with Crippen molar-refractivity contribution in [3.63, 3.8) is 0 Å². The molecule has 7 heteroatoms. The molecular weight excluding hydrogens is 282 g/mol. The lowest BCUT2D eigenvalue weighted by Crippen LogP contribution is -2.43. The molecule has 2 aromatic rings. The average Bonchev–Trinajstić information content (AvgIpc) is 3.13. The fourth-order valence-electron chi connectivity index (χ4n) is 2.80. The van der Waals surface area contributed by atoms with E-state index in [1.807, 2.05) is 17.8 Å². The molecule has 3 heterocycles. The smallest absolute Gasteiger partial charge is 0.257 e. The summed E-state index contributed by atoms with van der Waals surface area (Å²) in [5, 5.41) is 8.17. The summed E-state index contributed by atoms with van der Waals surface area (Å²) in [6.45, 7) is 9.59. The minimum atomic E-state index is -0.136. The molecule has 0 aliphatic carbocycles. The van der Waals surface area contributed by atoms with Crippen molar-refractivity contribution < 1.29 is 9.26 Å². The molecule has 2 aromatic heterocycles. The van der Waals surface area contributed by atoms with Gasteiger partial charge in [-0.3, -0.25) is 9.58 Å². The van der Waals surface area contributed by atoms with Gasteiger partial charge in [-0.1, -0.05) is 5.16 Å². The zero-order valence-electron chi connectivity index (χ0n) is 13.4. The van der Waals surface area contributed by atoms with Gasteiger partial charge in [-0.25, -0.2) is 0 Å². The quantitative estimate of drug-likeness (QED) is 0.835. The van der Waals surface area contributed by atoms with Crippen molar-refractivity contribution in [1.82, 2.24) is 24.8 Å². The van der Waals surface area contributed by atoms with E-state index >= 15 is 0 Å². The summed E-state index contributed by atoms with van der Waals surface area (Å²) in [4.78, 5) is 6.68. The molecule has 0 spiro atoms. The normalized spacial score (nSPS) is 23.0. The van der Waals surface area contributed by atoms with Crippen LogP contribution in [0.5, 0.6) is 0 Å². The van der Waals surface area contributed by atoms with Crippen LogP contribution >= 0.6 is 0 Å². The van der Waals surface area contributed by atoms with Crippen LogP contribution in [0.25, 0.3) is 0 Å². The Hall–Kier alpha value is -1.73. The lowest BCUT2D eigenvalue weighted by atomic mass is 10.2. The number of aryl methyl sites for hydroxylation is 2. The molecule has 0 bridgehead atoms. The Bertz CT molecular complexity index is 609. The average molecular weight is 305 g/mol. The number of rotatable bonds is 5. The fourth-order valence-corrected chi connectivity index (χ4v) is 2.80. The Morgan fingerprint density at radius 1 is 1.36 bits per heavy atom. The Kier molecular flexibility index (Phi) is 4.54. The molecule has 1 aliphatic rings. The maximum Gasteiger partial charge on any atom is 0.257 e. The largest absolute Gasteiger partial charge is 0.363 e. The molecule has 120 valence electrons. The van der Waals surface area contributed by atoms with Crippen LogP contribution in [0.4, 0.5) is 0 Å². The first-order valence-electron chi connectivity index (χ1n) is 7.83. The zero-order valence-corrected chi connectivity index (χ0v) is 13.4. The van der Waals surface area contributed by atoms with E-state index in [4.69, 9.17) is 9.26 Å². The van der Waals surface area contributed by atoms with Gasteiger partial charge in [-0.05, 0) is 32.8 Å². The fraction of sp³-hybridized carbons (Fsp3) is 0.667. The second kappa shape index (κ2) is 6.58. The van der Waals surface area contributed by atoms with Crippen molar-refractivity contribution in [2.75, 3.05) is 19.6 Å². The van der Waals surface area contributed by atoms with Gasteiger partial charge in [0.15, 0.2) is 5.82 Å². The van der Waals surface area contributed by atoms with Crippen LogP contribution in [0.15, 0.2) is 16.9 Å². The highest BCUT2D eigenvalue weighted by Gasteiger charge is 2.29. The van der Waals surface area contributed by atoms with Crippen molar-refractivity contribution in [1.29, 1.82) is 0 Å². The highest BCUT2D eigenvalue weighted by molar-refractivity contribution is 5.04. The predicted molar refractivity (Wildman–Crippen MR) is 80.4 cm³/mol. The monoisotopic (exact) mass is 305 g/mol. The molecule has 2 atom stereocenters. The topological polar surface area (TPSA) is 69.2 Å². The molecule has 3 rings (SSSR count). The Morgan fingerprint density at radius 3 is 2.91 bits per heavy atom. The molecule has 1 saturated heterocycles. The Morgan fingerprint density at radius 2 is 2.23 bits per heavy atom. The number of hydrogen-bond donors (Lipinski definition) is 0. The van der Waals surface area contributed by atoms with Gasteiger partial charge in [-0.2, -0.15) is 10.1 Å². The van der Waals surface area contributed by atoms with Gasteiger partial charge in [-0.15, -0.1) is 0 Å². The van der Waals surface area contributed by atoms with Crippen LogP contribution < -0.4 is 0 Å². The third-order valence-corrected chi connectivity index (χ3v) is 3.88. The molecule has 0 radical (unpaired) electrons. The highest BCUT2D eigenvalue weighted by Crippen LogP contribution is 2.24. The molecule has 7 nitrogen and oxygen atoms in total. The number of hydrogen-bond acceptors (Lipinski definition) is 6. The van der Waals surface area contributed by atoms with E-state index in [1.165, 1.54) is 5.56 Å². The molecule has 0 N–H and O–H groups in total. The second-order valence-corrected chi connectivity index (χ2v) is 5.83. The van der Waals surface area contributed by atoms with Gasteiger partial charge < -0.3 is 9.26 Å². The molecular formula is C15H23N5O2. The van der Waals surface area contributed by atoms with Gasteiger partial charge in [0.1, 0.15) is 6.10 Å². The lowest BCUT2D eigenvalue weighted by Gasteiger charge is -2.35. The number of nitrogens with zero attached hydrogens (tertiary/aromatic N) is 5. The van der Waals surface area contributed by atoms with Gasteiger partial charge in [0.25, 0.3) is 5.89 Å². The van der Waals surface area contributed by atoms with E-state index in [0.29, 0.717) is 11.7 Å². The Balaban J connectivity index is 1.58. The van der Waals surface area contributed by atoms with Crippen molar-refractivity contribution in [2.45, 2.75) is 45.9 Å². The molecule has 1 fully saturated rings. The first kappa shape index (κ1) is 15.2. The summed E-state index contributed by atoms with van der Waals surface area (Å²) >= 11 is 0. The summed E-state index contributed by atoms with van der Waals surface area (Å²) in [6, 6.07) is 0. The van der Waals surface area contributed by atoms with E-state index in [0.717, 1.165) is 32.6 Å². The van der Waals surface area contributed by atoms with Crippen LogP contribution in [0, 0.1) is 6.92 Å². The lowest BCUT2D eigenvalue weighted by molar-refractivity contribution is -0.0903. The van der Waals surface area contributed by atoms with E-state index < -0.39 is 0 Å². The van der Waals surface area contributed by atoms with E-state index in [1.54, 1.807) is 0 Å². The molecule has 0 amide bonds. The number of ether oxygens (including phenoxy) is 1. The minimum Gasteiger partial charge on any atom is -0.363 e. The van der Waals surface area contributed by atoms with Crippen molar-refractivity contribution in [3.8, 4) is 0 Å². The standard InChI is InChI=1S/C15H23N5O2/c1-4-20-9-13(7-16-20)5-6-19-8-11(2)21-14(10-19)15-17-12(3)18-22-15/h7,9,11,14H,4-6,8,10H2,1-3H3/t11-,14-/m1/s1. The maximum atomic E-state index is 5.94. The molecule has 1 aliphatic heterocycles. The summed E-state index contributed by atoms with van der Waals surface area (Å²) in [5.74, 6) is 1.23. The SMILES string of the molecule is CCn1cc(CCN2C[C@@H](C)O[C@@H](c3nc(C)no3)C2)cn1. The number of morpholine rings is 1. The van der Waals surface area contributed by atoms with Crippen molar-refractivity contribution in [3.05, 3.63) is 29.7 Å². The molecule has 0 unspecified atom stereocenters. The molecule has 0 saturated carbocycles. The summed E-state index contributed by atoms with van der Waals surface area (Å²) in [5.41, 5.74) is 1.27. The minimum absolute atomic E-state index is 0.136. The first-order chi connectivity index (χ1) is 10.6. The van der Waals surface area contributed by atoms with E-state index in [-0.39, 0.29) is 12.2 Å². The zero-order chi connectivity index (χ0) is 15.5. The maximum absolute atomic E-state index is 5.94. The predicted octanol–water partition coefficient (Wildman–Crippen LogP) is 1.60. The van der Waals surface area contributed by atoms with Crippen molar-refractivity contribution >= 4 is 0 Å². The van der Waals surface area contributed by atoms with Crippen LogP contribution in [-0.4, -0.2) is 50.6 Å². The molecule has 22 heavy (non-hydrogen) atoms. The van der Waals surface area contributed by atoms with Gasteiger partial charge in [0, 0.05) is 32.4 Å². The van der Waals surface area contributed by atoms with Gasteiger partial charge in [0.05, 0.1) is 12.3 Å². The van der Waals surface area contributed by atoms with Crippen LogP contribution in [0.1, 0.15) is 37.2 Å².